The molecule has 0 fully saturated rings. The molecule has 9 nitrogen and oxygen atoms in total. The average Bonchev–Trinajstić information content (AvgIpc) is 3.37. The molecule has 1 aliphatic heterocycles. The van der Waals surface area contributed by atoms with Crippen LogP contribution in [0, 0.1) is 0 Å². The Morgan fingerprint density at radius 1 is 1.21 bits per heavy atom. The molecule has 3 rings (SSSR count). The number of anilines is 1. The van der Waals surface area contributed by atoms with Gasteiger partial charge in [0, 0.05) is 42.7 Å². The van der Waals surface area contributed by atoms with Crippen molar-refractivity contribution in [2.45, 2.75) is 13.5 Å². The van der Waals surface area contributed by atoms with Crippen molar-refractivity contribution in [3.63, 3.8) is 0 Å². The summed E-state index contributed by atoms with van der Waals surface area (Å²) in [5, 5.41) is 26.9. The van der Waals surface area contributed by atoms with Gasteiger partial charge in [-0.25, -0.2) is 9.59 Å². The van der Waals surface area contributed by atoms with Crippen molar-refractivity contribution < 1.29 is 19.8 Å². The van der Waals surface area contributed by atoms with Crippen molar-refractivity contribution >= 4 is 23.5 Å². The molecule has 0 amide bonds. The van der Waals surface area contributed by atoms with Crippen LogP contribution in [0.15, 0.2) is 53.7 Å². The van der Waals surface area contributed by atoms with Gasteiger partial charge in [0.05, 0.1) is 18.8 Å². The van der Waals surface area contributed by atoms with Gasteiger partial charge in [-0.05, 0) is 19.1 Å². The molecule has 1 aromatic heterocycles. The number of amidine groups is 1. The monoisotopic (exact) mass is 385 g/mol. The summed E-state index contributed by atoms with van der Waals surface area (Å²) in [5.74, 6) is -1.49. The van der Waals surface area contributed by atoms with Crippen LogP contribution in [0.25, 0.3) is 11.3 Å². The van der Waals surface area contributed by atoms with Crippen LogP contribution in [0.3, 0.4) is 0 Å². The molecule has 0 radical (unpaired) electrons. The van der Waals surface area contributed by atoms with E-state index in [1.54, 1.807) is 0 Å². The highest BCUT2D eigenvalue weighted by molar-refractivity contribution is 5.90. The second-order valence-corrected chi connectivity index (χ2v) is 5.72. The molecular formula is C19H23N5O4. The zero-order valence-electron chi connectivity index (χ0n) is 15.5. The smallest absolute Gasteiger partial charge is 0.328 e. The van der Waals surface area contributed by atoms with Crippen LogP contribution < -0.4 is 10.6 Å². The number of nitrogens with one attached hydrogen (secondary N) is 2. The first-order valence-corrected chi connectivity index (χ1v) is 8.77. The zero-order chi connectivity index (χ0) is 20.4. The van der Waals surface area contributed by atoms with Crippen molar-refractivity contribution in [3.05, 3.63) is 48.7 Å². The summed E-state index contributed by atoms with van der Waals surface area (Å²) in [6.07, 6.45) is 3.12. The molecule has 0 spiro atoms. The summed E-state index contributed by atoms with van der Waals surface area (Å²) in [4.78, 5) is 23.5. The Kier molecular flexibility index (Phi) is 7.77. The van der Waals surface area contributed by atoms with E-state index in [9.17, 15) is 9.59 Å². The molecule has 0 unspecified atom stereocenters. The van der Waals surface area contributed by atoms with Gasteiger partial charge in [0.25, 0.3) is 0 Å². The summed E-state index contributed by atoms with van der Waals surface area (Å²) in [6, 6.07) is 10.3. The van der Waals surface area contributed by atoms with Crippen LogP contribution in [0.5, 0.6) is 0 Å². The third kappa shape index (κ3) is 6.60. The first kappa shape index (κ1) is 20.7. The third-order valence-corrected chi connectivity index (χ3v) is 3.73. The molecule has 0 bridgehead atoms. The second-order valence-electron chi connectivity index (χ2n) is 5.72. The Morgan fingerprint density at radius 3 is 2.50 bits per heavy atom. The van der Waals surface area contributed by atoms with Crippen molar-refractivity contribution in [2.75, 3.05) is 25.0 Å². The van der Waals surface area contributed by atoms with Gasteiger partial charge in [-0.1, -0.05) is 18.2 Å². The SMILES string of the molecule is CCn1ccc(-c2ccccc2NCC2=NCCN2)n1.O=C(O)/C=C/C(=O)O. The van der Waals surface area contributed by atoms with E-state index >= 15 is 0 Å². The molecule has 0 aliphatic carbocycles. The van der Waals surface area contributed by atoms with Crippen molar-refractivity contribution in [1.82, 2.24) is 15.1 Å². The number of hydrogen-bond acceptors (Lipinski definition) is 6. The van der Waals surface area contributed by atoms with Gasteiger partial charge in [0.2, 0.25) is 0 Å². The van der Waals surface area contributed by atoms with Crippen LogP contribution in [-0.4, -0.2) is 57.4 Å². The lowest BCUT2D eigenvalue weighted by Gasteiger charge is -2.10. The molecule has 0 saturated carbocycles. The molecule has 148 valence electrons. The standard InChI is InChI=1S/C15H19N5.C4H4O4/c1-2-20-10-7-14(19-20)12-5-3-4-6-13(12)18-11-15-16-8-9-17-15;5-3(6)1-2-4(7)8/h3-7,10,18H,2,8-9,11H2,1H3,(H,16,17);1-2H,(H,5,6)(H,7,8)/b;2-1+. The van der Waals surface area contributed by atoms with Gasteiger partial charge in [-0.15, -0.1) is 0 Å². The van der Waals surface area contributed by atoms with Crippen molar-refractivity contribution in [3.8, 4) is 11.3 Å². The van der Waals surface area contributed by atoms with Crippen LogP contribution >= 0.6 is 0 Å². The predicted molar refractivity (Wildman–Crippen MR) is 107 cm³/mol. The number of aryl methyl sites for hydroxylation is 1. The number of para-hydroxylation sites is 1. The van der Waals surface area contributed by atoms with E-state index in [2.05, 4.69) is 45.8 Å². The molecule has 4 N–H and O–H groups in total. The van der Waals surface area contributed by atoms with Gasteiger partial charge >= 0.3 is 11.9 Å². The molecule has 2 heterocycles. The number of rotatable bonds is 7. The number of benzene rings is 1. The number of hydrogen-bond donors (Lipinski definition) is 4. The molecule has 2 aromatic rings. The Morgan fingerprint density at radius 2 is 1.93 bits per heavy atom. The number of nitrogens with zero attached hydrogens (tertiary/aromatic N) is 3. The molecule has 28 heavy (non-hydrogen) atoms. The first-order chi connectivity index (χ1) is 13.5. The molecular weight excluding hydrogens is 362 g/mol. The number of aliphatic imine (C=N–C) groups is 1. The number of aromatic nitrogens is 2. The third-order valence-electron chi connectivity index (χ3n) is 3.73. The molecule has 1 aromatic carbocycles. The van der Waals surface area contributed by atoms with E-state index < -0.39 is 11.9 Å². The number of carboxylic acids is 2. The Bertz CT molecular complexity index is 857. The summed E-state index contributed by atoms with van der Waals surface area (Å²) < 4.78 is 1.94. The van der Waals surface area contributed by atoms with Crippen LogP contribution in [0.4, 0.5) is 5.69 Å². The molecule has 0 saturated heterocycles. The largest absolute Gasteiger partial charge is 0.478 e. The first-order valence-electron chi connectivity index (χ1n) is 8.77. The highest BCUT2D eigenvalue weighted by Crippen LogP contribution is 2.26. The Balaban J connectivity index is 0.000000300. The molecule has 0 atom stereocenters. The number of carboxylic acid groups (broad SMARTS) is 2. The molecule has 9 heteroatoms. The van der Waals surface area contributed by atoms with Gasteiger partial charge in [0.1, 0.15) is 5.84 Å². The van der Waals surface area contributed by atoms with E-state index in [4.69, 9.17) is 10.2 Å². The lowest BCUT2D eigenvalue weighted by Crippen LogP contribution is -2.26. The second kappa shape index (κ2) is 10.5. The summed E-state index contributed by atoms with van der Waals surface area (Å²) >= 11 is 0. The van der Waals surface area contributed by atoms with E-state index in [1.165, 1.54) is 0 Å². The van der Waals surface area contributed by atoms with E-state index in [-0.39, 0.29) is 0 Å². The topological polar surface area (TPSA) is 129 Å². The fourth-order valence-electron chi connectivity index (χ4n) is 2.43. The highest BCUT2D eigenvalue weighted by atomic mass is 16.4. The maximum Gasteiger partial charge on any atom is 0.328 e. The van der Waals surface area contributed by atoms with Gasteiger partial charge in [-0.3, -0.25) is 9.67 Å². The lowest BCUT2D eigenvalue weighted by molar-refractivity contribution is -0.134. The summed E-state index contributed by atoms with van der Waals surface area (Å²) in [5.41, 5.74) is 3.21. The number of aliphatic carboxylic acids is 2. The maximum absolute atomic E-state index is 9.55. The van der Waals surface area contributed by atoms with E-state index in [1.807, 2.05) is 23.0 Å². The predicted octanol–water partition coefficient (Wildman–Crippen LogP) is 1.70. The fraction of sp³-hybridized carbons (Fsp3) is 0.263. The van der Waals surface area contributed by atoms with Crippen LogP contribution in [0.1, 0.15) is 6.92 Å². The summed E-state index contributed by atoms with van der Waals surface area (Å²) in [7, 11) is 0. The Labute approximate surface area is 162 Å². The van der Waals surface area contributed by atoms with Gasteiger partial charge in [-0.2, -0.15) is 5.10 Å². The minimum atomic E-state index is -1.26. The van der Waals surface area contributed by atoms with Crippen molar-refractivity contribution in [2.24, 2.45) is 4.99 Å². The maximum atomic E-state index is 9.55. The highest BCUT2D eigenvalue weighted by Gasteiger charge is 2.09. The van der Waals surface area contributed by atoms with Gasteiger partial charge in [0.15, 0.2) is 0 Å². The van der Waals surface area contributed by atoms with Gasteiger partial charge < -0.3 is 20.8 Å². The fourth-order valence-corrected chi connectivity index (χ4v) is 2.43. The average molecular weight is 385 g/mol. The summed E-state index contributed by atoms with van der Waals surface area (Å²) in [6.45, 7) is 5.52. The lowest BCUT2D eigenvalue weighted by atomic mass is 10.1. The quantitative estimate of drug-likeness (QED) is 0.534. The molecule has 1 aliphatic rings. The van der Waals surface area contributed by atoms with Crippen LogP contribution in [0.2, 0.25) is 0 Å². The minimum absolute atomic E-state index is 0.558. The van der Waals surface area contributed by atoms with Crippen LogP contribution in [-0.2, 0) is 16.1 Å². The van der Waals surface area contributed by atoms with E-state index in [0.717, 1.165) is 49.0 Å². The Hall–Kier alpha value is -3.62. The van der Waals surface area contributed by atoms with Crippen molar-refractivity contribution in [1.29, 1.82) is 0 Å². The number of carbonyl (C=O) groups is 2. The minimum Gasteiger partial charge on any atom is -0.478 e. The normalized spacial score (nSPS) is 12.7. The zero-order valence-corrected chi connectivity index (χ0v) is 15.5. The van der Waals surface area contributed by atoms with E-state index in [0.29, 0.717) is 12.2 Å².